The first-order chi connectivity index (χ1) is 20.9. The summed E-state index contributed by atoms with van der Waals surface area (Å²) in [6, 6.07) is 21.9. The molecule has 0 bridgehead atoms. The summed E-state index contributed by atoms with van der Waals surface area (Å²) in [5.74, 6) is -5.02. The molecule has 44 heavy (non-hydrogen) atoms. The van der Waals surface area contributed by atoms with Crippen molar-refractivity contribution < 1.29 is 34.8 Å². The number of fused-ring (bicyclic) bond motifs is 1. The second-order valence-corrected chi connectivity index (χ2v) is 11.1. The molecule has 2 aromatic carbocycles. The number of aliphatic carboxylic acids is 3. The van der Waals surface area contributed by atoms with Crippen molar-refractivity contribution in [3.05, 3.63) is 102 Å². The molecule has 0 atom stereocenters. The fourth-order valence-electron chi connectivity index (χ4n) is 4.76. The molecule has 0 aliphatic heterocycles. The highest BCUT2D eigenvalue weighted by molar-refractivity contribution is 5.88. The van der Waals surface area contributed by atoms with Crippen molar-refractivity contribution >= 4 is 28.8 Å². The Morgan fingerprint density at radius 1 is 0.818 bits per heavy atom. The molecule has 0 saturated heterocycles. The summed E-state index contributed by atoms with van der Waals surface area (Å²) >= 11 is 0. The molecule has 11 nitrogen and oxygen atoms in total. The van der Waals surface area contributed by atoms with Crippen LogP contribution in [0, 0.1) is 6.92 Å². The number of likely N-dealkylation sites (N-methyl/N-ethyl adjacent to an activating group) is 1. The molecule has 4 aromatic rings. The van der Waals surface area contributed by atoms with E-state index in [1.807, 2.05) is 12.4 Å². The minimum absolute atomic E-state index is 0.896. The lowest BCUT2D eigenvalue weighted by Crippen LogP contribution is -2.42. The Morgan fingerprint density at radius 2 is 1.39 bits per heavy atom. The van der Waals surface area contributed by atoms with E-state index in [-0.39, 0.29) is 0 Å². The molecule has 4 N–H and O–H groups in total. The number of pyridine rings is 1. The molecule has 234 valence electrons. The van der Waals surface area contributed by atoms with Gasteiger partial charge in [-0.15, -0.1) is 0 Å². The Morgan fingerprint density at radius 3 is 1.93 bits per heavy atom. The van der Waals surface area contributed by atoms with Crippen LogP contribution in [-0.2, 0) is 40.6 Å². The third-order valence-electron chi connectivity index (χ3n) is 7.02. The zero-order valence-corrected chi connectivity index (χ0v) is 25.3. The summed E-state index contributed by atoms with van der Waals surface area (Å²) in [5.41, 5.74) is 3.90. The van der Waals surface area contributed by atoms with Crippen molar-refractivity contribution in [3.8, 4) is 0 Å². The van der Waals surface area contributed by atoms with Crippen molar-refractivity contribution in [2.75, 3.05) is 20.6 Å². The molecular formula is C33H40N4O7. The lowest BCUT2D eigenvalue weighted by Gasteiger charge is -2.22. The minimum atomic E-state index is -2.74. The zero-order chi connectivity index (χ0) is 32.3. The first-order valence-electron chi connectivity index (χ1n) is 14.1. The smallest absolute Gasteiger partial charge is 0.336 e. The van der Waals surface area contributed by atoms with E-state index in [1.54, 1.807) is 0 Å². The van der Waals surface area contributed by atoms with Gasteiger partial charge in [0.2, 0.25) is 0 Å². The number of rotatable bonds is 14. The summed E-state index contributed by atoms with van der Waals surface area (Å²) in [4.78, 5) is 39.4. The van der Waals surface area contributed by atoms with Gasteiger partial charge in [-0.3, -0.25) is 19.5 Å². The van der Waals surface area contributed by atoms with E-state index in [0.717, 1.165) is 32.7 Å². The number of hydrogen-bond acceptors (Lipinski definition) is 7. The quantitative estimate of drug-likeness (QED) is 0.167. The van der Waals surface area contributed by atoms with Crippen LogP contribution in [0.1, 0.15) is 35.1 Å². The zero-order valence-electron chi connectivity index (χ0n) is 25.3. The topological polar surface area (TPSA) is 156 Å². The van der Waals surface area contributed by atoms with Crippen LogP contribution in [0.3, 0.4) is 0 Å². The highest BCUT2D eigenvalue weighted by Crippen LogP contribution is 2.24. The van der Waals surface area contributed by atoms with Crippen LogP contribution in [0.4, 0.5) is 0 Å². The van der Waals surface area contributed by atoms with E-state index < -0.39 is 36.4 Å². The van der Waals surface area contributed by atoms with Crippen LogP contribution in [-0.4, -0.2) is 83.9 Å². The van der Waals surface area contributed by atoms with E-state index in [9.17, 15) is 14.4 Å². The number of carboxylic acid groups (broad SMARTS) is 3. The molecule has 11 heteroatoms. The normalized spacial score (nSPS) is 11.4. The summed E-state index contributed by atoms with van der Waals surface area (Å²) in [5, 5.41) is 35.2. The number of aryl methyl sites for hydroxylation is 1. The first-order valence-corrected chi connectivity index (χ1v) is 14.1. The van der Waals surface area contributed by atoms with E-state index in [4.69, 9.17) is 20.4 Å². The maximum absolute atomic E-state index is 10.3. The summed E-state index contributed by atoms with van der Waals surface area (Å²) < 4.78 is 2.40. The predicted molar refractivity (Wildman–Crippen MR) is 166 cm³/mol. The summed E-state index contributed by atoms with van der Waals surface area (Å²) in [7, 11) is 4.26. The SMILES string of the molecule is Cc1ccc(CN(Cc2ccncc2)Cc2cn(CCN(C)C)c3ccccc23)cc1.O=C(O)CC(O)(CC(=O)O)C(=O)O. The van der Waals surface area contributed by atoms with Crippen molar-refractivity contribution in [2.45, 2.75) is 51.5 Å². The summed E-state index contributed by atoms with van der Waals surface area (Å²) in [6.07, 6.45) is 3.82. The molecule has 0 aliphatic carbocycles. The molecule has 2 heterocycles. The van der Waals surface area contributed by atoms with Gasteiger partial charge < -0.3 is 29.9 Å². The summed E-state index contributed by atoms with van der Waals surface area (Å²) in [6.45, 7) is 6.89. The fourth-order valence-corrected chi connectivity index (χ4v) is 4.76. The maximum atomic E-state index is 10.3. The van der Waals surface area contributed by atoms with E-state index in [0.29, 0.717) is 0 Å². The standard InChI is InChI=1S/C27H32N4.C6H8O7/c1-22-8-10-23(11-9-22)18-30(19-24-12-14-28-15-13-24)20-25-21-31(17-16-29(2)3)27-7-5-4-6-26(25)27;7-3(8)1-6(13,5(11)12)2-4(9)10/h4-15,21H,16-20H2,1-3H3;13H,1-2H2,(H,7,8)(H,9,10)(H,11,12). The van der Waals surface area contributed by atoms with E-state index in [2.05, 4.69) is 107 Å². The largest absolute Gasteiger partial charge is 0.481 e. The second kappa shape index (κ2) is 15.8. The molecule has 0 fully saturated rings. The van der Waals surface area contributed by atoms with Crippen LogP contribution >= 0.6 is 0 Å². The monoisotopic (exact) mass is 604 g/mol. The number of carboxylic acids is 3. The number of hydrogen-bond donors (Lipinski definition) is 4. The van der Waals surface area contributed by atoms with Crippen LogP contribution < -0.4 is 0 Å². The molecular weight excluding hydrogens is 564 g/mol. The minimum Gasteiger partial charge on any atom is -0.481 e. The molecule has 0 saturated carbocycles. The molecule has 0 spiro atoms. The van der Waals surface area contributed by atoms with E-state index in [1.165, 1.54) is 33.2 Å². The first kappa shape index (κ1) is 33.9. The average molecular weight is 605 g/mol. The van der Waals surface area contributed by atoms with Crippen molar-refractivity contribution in [3.63, 3.8) is 0 Å². The van der Waals surface area contributed by atoms with Gasteiger partial charge in [0.25, 0.3) is 0 Å². The number of para-hydroxylation sites is 1. The van der Waals surface area contributed by atoms with Crippen molar-refractivity contribution in [2.24, 2.45) is 0 Å². The third kappa shape index (κ3) is 10.3. The van der Waals surface area contributed by atoms with Gasteiger partial charge in [0.05, 0.1) is 12.8 Å². The number of benzene rings is 2. The number of aromatic nitrogens is 2. The Hall–Kier alpha value is -4.58. The maximum Gasteiger partial charge on any atom is 0.336 e. The Balaban J connectivity index is 0.000000345. The van der Waals surface area contributed by atoms with Gasteiger partial charge >= 0.3 is 17.9 Å². The van der Waals surface area contributed by atoms with E-state index >= 15 is 0 Å². The van der Waals surface area contributed by atoms with Gasteiger partial charge in [0.1, 0.15) is 0 Å². The van der Waals surface area contributed by atoms with Crippen LogP contribution in [0.15, 0.2) is 79.3 Å². The average Bonchev–Trinajstić information content (AvgIpc) is 3.30. The lowest BCUT2D eigenvalue weighted by molar-refractivity contribution is -0.170. The van der Waals surface area contributed by atoms with Gasteiger partial charge in [0.15, 0.2) is 5.60 Å². The highest BCUT2D eigenvalue weighted by Gasteiger charge is 2.40. The van der Waals surface area contributed by atoms with Gasteiger partial charge in [-0.05, 0) is 55.9 Å². The lowest BCUT2D eigenvalue weighted by atomic mass is 9.96. The Kier molecular flexibility index (Phi) is 12.2. The molecule has 0 unspecified atom stereocenters. The molecule has 2 aromatic heterocycles. The molecule has 0 radical (unpaired) electrons. The second-order valence-electron chi connectivity index (χ2n) is 11.1. The van der Waals surface area contributed by atoms with Crippen molar-refractivity contribution in [1.29, 1.82) is 0 Å². The molecule has 0 aliphatic rings. The van der Waals surface area contributed by atoms with Gasteiger partial charge in [-0.1, -0.05) is 48.0 Å². The van der Waals surface area contributed by atoms with Gasteiger partial charge in [0, 0.05) is 62.2 Å². The third-order valence-corrected chi connectivity index (χ3v) is 7.02. The number of nitrogens with zero attached hydrogens (tertiary/aromatic N) is 4. The van der Waals surface area contributed by atoms with Gasteiger partial charge in [-0.2, -0.15) is 0 Å². The van der Waals surface area contributed by atoms with Crippen molar-refractivity contribution in [1.82, 2.24) is 19.4 Å². The van der Waals surface area contributed by atoms with Gasteiger partial charge in [-0.25, -0.2) is 4.79 Å². The van der Waals surface area contributed by atoms with Crippen LogP contribution in [0.5, 0.6) is 0 Å². The number of carbonyl (C=O) groups is 3. The highest BCUT2D eigenvalue weighted by atomic mass is 16.4. The fraction of sp³-hybridized carbons (Fsp3) is 0.333. The molecule has 4 rings (SSSR count). The Bertz CT molecular complexity index is 1520. The van der Waals surface area contributed by atoms with Crippen LogP contribution in [0.25, 0.3) is 10.9 Å². The number of aliphatic hydroxyl groups is 1. The van der Waals surface area contributed by atoms with Crippen LogP contribution in [0.2, 0.25) is 0 Å². The molecule has 0 amide bonds. The Labute approximate surface area is 256 Å². The predicted octanol–water partition coefficient (Wildman–Crippen LogP) is 3.86.